The summed E-state index contributed by atoms with van der Waals surface area (Å²) in [6, 6.07) is 15.4. The molecule has 0 amide bonds. The van der Waals surface area contributed by atoms with Gasteiger partial charge in [-0.1, -0.05) is 30.3 Å². The molecule has 1 aromatic heterocycles. The molecule has 0 aliphatic rings. The molecule has 0 saturated heterocycles. The minimum atomic E-state index is -1.03. The molecule has 25 heavy (non-hydrogen) atoms. The highest BCUT2D eigenvalue weighted by molar-refractivity contribution is 6.20. The minimum Gasteiger partial charge on any atom is -0.478 e. The third-order valence-electron chi connectivity index (χ3n) is 3.95. The first-order valence-corrected chi connectivity index (χ1v) is 7.58. The van der Waals surface area contributed by atoms with E-state index in [9.17, 15) is 14.9 Å². The van der Waals surface area contributed by atoms with Gasteiger partial charge in [-0.2, -0.15) is 5.26 Å². The van der Waals surface area contributed by atoms with Crippen molar-refractivity contribution in [3.05, 3.63) is 76.5 Å². The van der Waals surface area contributed by atoms with Gasteiger partial charge in [-0.15, -0.1) is 0 Å². The quantitative estimate of drug-likeness (QED) is 0.430. The van der Waals surface area contributed by atoms with Crippen molar-refractivity contribution >= 4 is 28.7 Å². The number of para-hydroxylation sites is 1. The van der Waals surface area contributed by atoms with E-state index in [-0.39, 0.29) is 16.9 Å². The molecule has 2 aromatic carbocycles. The second kappa shape index (κ2) is 6.46. The molecule has 2 N–H and O–H groups in total. The van der Waals surface area contributed by atoms with Gasteiger partial charge in [0.1, 0.15) is 11.6 Å². The molecule has 3 aromatic rings. The zero-order chi connectivity index (χ0) is 18.0. The van der Waals surface area contributed by atoms with E-state index in [2.05, 4.69) is 4.98 Å². The zero-order valence-corrected chi connectivity index (χ0v) is 13.4. The van der Waals surface area contributed by atoms with Crippen molar-refractivity contribution in [3.8, 4) is 6.07 Å². The van der Waals surface area contributed by atoms with Crippen LogP contribution < -0.4 is 0 Å². The third kappa shape index (κ3) is 3.06. The molecule has 0 unspecified atom stereocenters. The number of nitriles is 1. The molecule has 0 radical (unpaired) electrons. The summed E-state index contributed by atoms with van der Waals surface area (Å²) in [6.45, 7) is 1.80. The van der Waals surface area contributed by atoms with E-state index in [1.54, 1.807) is 19.1 Å². The van der Waals surface area contributed by atoms with Crippen LogP contribution in [-0.4, -0.2) is 21.8 Å². The molecule has 0 aliphatic heterocycles. The average molecular weight is 330 g/mol. The number of aromatic carboxylic acids is 1. The summed E-state index contributed by atoms with van der Waals surface area (Å²) in [5.74, 6) is -1.39. The van der Waals surface area contributed by atoms with Crippen LogP contribution in [0.5, 0.6) is 0 Å². The summed E-state index contributed by atoms with van der Waals surface area (Å²) in [4.78, 5) is 26.9. The van der Waals surface area contributed by atoms with Gasteiger partial charge >= 0.3 is 5.97 Å². The van der Waals surface area contributed by atoms with Gasteiger partial charge in [0, 0.05) is 16.6 Å². The van der Waals surface area contributed by atoms with Crippen LogP contribution in [0.4, 0.5) is 0 Å². The van der Waals surface area contributed by atoms with Crippen LogP contribution in [0.2, 0.25) is 0 Å². The number of carbonyl (C=O) groups is 2. The van der Waals surface area contributed by atoms with Crippen molar-refractivity contribution in [1.82, 2.24) is 4.98 Å². The number of ketones is 1. The minimum absolute atomic E-state index is 0.00377. The van der Waals surface area contributed by atoms with E-state index < -0.39 is 5.97 Å². The highest BCUT2D eigenvalue weighted by Gasteiger charge is 2.19. The Hall–Kier alpha value is -3.65. The molecule has 0 saturated carbocycles. The van der Waals surface area contributed by atoms with E-state index in [1.807, 2.05) is 30.3 Å². The number of benzene rings is 2. The van der Waals surface area contributed by atoms with E-state index >= 15 is 0 Å². The molecule has 5 nitrogen and oxygen atoms in total. The fourth-order valence-corrected chi connectivity index (χ4v) is 2.74. The molecule has 3 rings (SSSR count). The molecule has 0 fully saturated rings. The number of carbonyl (C=O) groups excluding carboxylic acids is 1. The monoisotopic (exact) mass is 330 g/mol. The van der Waals surface area contributed by atoms with Gasteiger partial charge in [0.15, 0.2) is 0 Å². The Morgan fingerprint density at radius 3 is 2.44 bits per heavy atom. The second-order valence-electron chi connectivity index (χ2n) is 5.60. The number of Topliss-reactive ketones (excluding diaryl/α,β-unsaturated/α-hetero) is 1. The number of hydrogen-bond acceptors (Lipinski definition) is 3. The lowest BCUT2D eigenvalue weighted by Gasteiger charge is -2.01. The molecule has 1 heterocycles. The topological polar surface area (TPSA) is 94.0 Å². The first-order chi connectivity index (χ1) is 12.0. The highest BCUT2D eigenvalue weighted by Crippen LogP contribution is 2.25. The number of rotatable bonds is 4. The van der Waals surface area contributed by atoms with Gasteiger partial charge in [-0.25, -0.2) is 4.79 Å². The standard InChI is InChI=1S/C20H14N2O3/c1-12-18(16-4-2-3-5-17(16)22-12)19(23)15(11-21)10-13-6-8-14(9-7-13)20(24)25/h2-10,22H,1H3,(H,24,25)/b15-10+. The van der Waals surface area contributed by atoms with E-state index in [0.29, 0.717) is 16.8 Å². The van der Waals surface area contributed by atoms with Crippen molar-refractivity contribution in [2.75, 3.05) is 0 Å². The number of carboxylic acid groups (broad SMARTS) is 1. The summed E-state index contributed by atoms with van der Waals surface area (Å²) in [6.07, 6.45) is 1.47. The van der Waals surface area contributed by atoms with Gasteiger partial charge < -0.3 is 10.1 Å². The number of allylic oxidation sites excluding steroid dienone is 1. The highest BCUT2D eigenvalue weighted by atomic mass is 16.4. The Balaban J connectivity index is 2.02. The third-order valence-corrected chi connectivity index (χ3v) is 3.95. The number of nitrogens with zero attached hydrogens (tertiary/aromatic N) is 1. The number of aromatic amines is 1. The van der Waals surface area contributed by atoms with Crippen LogP contribution in [0.25, 0.3) is 17.0 Å². The van der Waals surface area contributed by atoms with Crippen molar-refractivity contribution in [2.24, 2.45) is 0 Å². The number of H-pyrrole nitrogens is 1. The second-order valence-corrected chi connectivity index (χ2v) is 5.60. The number of aromatic nitrogens is 1. The Morgan fingerprint density at radius 1 is 1.12 bits per heavy atom. The van der Waals surface area contributed by atoms with Crippen molar-refractivity contribution < 1.29 is 14.7 Å². The van der Waals surface area contributed by atoms with Gasteiger partial charge in [0.05, 0.1) is 11.1 Å². The molecule has 122 valence electrons. The van der Waals surface area contributed by atoms with Crippen molar-refractivity contribution in [3.63, 3.8) is 0 Å². The largest absolute Gasteiger partial charge is 0.478 e. The summed E-state index contributed by atoms with van der Waals surface area (Å²) < 4.78 is 0. The molecule has 5 heteroatoms. The van der Waals surface area contributed by atoms with Crippen molar-refractivity contribution in [2.45, 2.75) is 6.92 Å². The number of nitrogens with one attached hydrogen (secondary N) is 1. The summed E-state index contributed by atoms with van der Waals surface area (Å²) in [5.41, 5.74) is 2.75. The Bertz CT molecular complexity index is 1050. The molecular formula is C20H14N2O3. The lowest BCUT2D eigenvalue weighted by Crippen LogP contribution is -2.03. The normalized spacial score (nSPS) is 11.3. The predicted molar refractivity (Wildman–Crippen MR) is 94.4 cm³/mol. The van der Waals surface area contributed by atoms with Gasteiger partial charge in [0.25, 0.3) is 0 Å². The van der Waals surface area contributed by atoms with Crippen LogP contribution in [0.3, 0.4) is 0 Å². The zero-order valence-electron chi connectivity index (χ0n) is 13.4. The Labute approximate surface area is 143 Å². The first kappa shape index (κ1) is 16.2. The van der Waals surface area contributed by atoms with E-state index in [0.717, 1.165) is 10.9 Å². The predicted octanol–water partition coefficient (Wildman–Crippen LogP) is 3.96. The fourth-order valence-electron chi connectivity index (χ4n) is 2.74. The molecule has 0 aliphatic carbocycles. The van der Waals surface area contributed by atoms with E-state index in [4.69, 9.17) is 5.11 Å². The molecule has 0 bridgehead atoms. The first-order valence-electron chi connectivity index (χ1n) is 7.58. The van der Waals surface area contributed by atoms with Crippen LogP contribution in [0, 0.1) is 18.3 Å². The maximum absolute atomic E-state index is 12.8. The van der Waals surface area contributed by atoms with Crippen molar-refractivity contribution in [1.29, 1.82) is 5.26 Å². The maximum atomic E-state index is 12.8. The van der Waals surface area contributed by atoms with Crippen LogP contribution in [0.1, 0.15) is 32.0 Å². The Kier molecular flexibility index (Phi) is 4.19. The number of fused-ring (bicyclic) bond motifs is 1. The smallest absolute Gasteiger partial charge is 0.335 e. The summed E-state index contributed by atoms with van der Waals surface area (Å²) in [5, 5.41) is 19.1. The molecular weight excluding hydrogens is 316 g/mol. The van der Waals surface area contributed by atoms with Gasteiger partial charge in [-0.05, 0) is 36.8 Å². The van der Waals surface area contributed by atoms with Crippen LogP contribution in [-0.2, 0) is 0 Å². The maximum Gasteiger partial charge on any atom is 0.335 e. The summed E-state index contributed by atoms with van der Waals surface area (Å²) in [7, 11) is 0. The lowest BCUT2D eigenvalue weighted by molar-refractivity contribution is 0.0696. The van der Waals surface area contributed by atoms with E-state index in [1.165, 1.54) is 18.2 Å². The van der Waals surface area contributed by atoms with Crippen LogP contribution >= 0.6 is 0 Å². The number of aryl methyl sites for hydroxylation is 1. The SMILES string of the molecule is Cc1[nH]c2ccccc2c1C(=O)/C(C#N)=C/c1ccc(C(=O)O)cc1. The average Bonchev–Trinajstić information content (AvgIpc) is 2.95. The van der Waals surface area contributed by atoms with Gasteiger partial charge in [-0.3, -0.25) is 4.79 Å². The fraction of sp³-hybridized carbons (Fsp3) is 0.0500. The molecule has 0 spiro atoms. The van der Waals surface area contributed by atoms with Gasteiger partial charge in [0.2, 0.25) is 5.78 Å². The lowest BCUT2D eigenvalue weighted by atomic mass is 9.99. The molecule has 0 atom stereocenters. The Morgan fingerprint density at radius 2 is 1.80 bits per heavy atom. The number of hydrogen-bond donors (Lipinski definition) is 2. The summed E-state index contributed by atoms with van der Waals surface area (Å²) >= 11 is 0. The number of carboxylic acids is 1. The van der Waals surface area contributed by atoms with Crippen LogP contribution in [0.15, 0.2) is 54.1 Å².